The second-order valence-corrected chi connectivity index (χ2v) is 3.84. The number of ether oxygens (including phenoxy) is 1. The van der Waals surface area contributed by atoms with Crippen molar-refractivity contribution in [2.24, 2.45) is 11.7 Å². The maximum absolute atomic E-state index is 6.08. The molecular weight excluding hydrogens is 126 g/mol. The summed E-state index contributed by atoms with van der Waals surface area (Å²) in [5.74, 6) is 0.771. The normalized spacial score (nSPS) is 47.1. The maximum atomic E-state index is 6.08. The van der Waals surface area contributed by atoms with Crippen molar-refractivity contribution >= 4 is 0 Å². The van der Waals surface area contributed by atoms with Crippen LogP contribution in [0, 0.1) is 5.92 Å². The molecule has 10 heavy (non-hydrogen) atoms. The van der Waals surface area contributed by atoms with E-state index in [9.17, 15) is 0 Å². The second kappa shape index (κ2) is 2.21. The van der Waals surface area contributed by atoms with Crippen LogP contribution in [0.25, 0.3) is 0 Å². The van der Waals surface area contributed by atoms with E-state index in [1.807, 2.05) is 0 Å². The molecule has 0 aromatic carbocycles. The van der Waals surface area contributed by atoms with Crippen LogP contribution >= 0.6 is 0 Å². The summed E-state index contributed by atoms with van der Waals surface area (Å²) in [5, 5.41) is 0. The Hall–Kier alpha value is -0.0800. The van der Waals surface area contributed by atoms with Crippen LogP contribution in [0.3, 0.4) is 0 Å². The Kier molecular flexibility index (Phi) is 1.46. The molecule has 0 radical (unpaired) electrons. The predicted molar refractivity (Wildman–Crippen MR) is 39.7 cm³/mol. The molecule has 2 nitrogen and oxygen atoms in total. The Balaban J connectivity index is 2.07. The second-order valence-electron chi connectivity index (χ2n) is 3.84. The Bertz CT molecular complexity index is 125. The first kappa shape index (κ1) is 6.62. The molecule has 2 N–H and O–H groups in total. The van der Waals surface area contributed by atoms with Crippen LogP contribution in [0.2, 0.25) is 0 Å². The summed E-state index contributed by atoms with van der Waals surface area (Å²) in [5.41, 5.74) is 6.13. The van der Waals surface area contributed by atoms with E-state index in [2.05, 4.69) is 0 Å². The Morgan fingerprint density at radius 3 is 3.10 bits per heavy atom. The Morgan fingerprint density at radius 1 is 1.50 bits per heavy atom. The van der Waals surface area contributed by atoms with E-state index in [0.717, 1.165) is 19.1 Å². The monoisotopic (exact) mass is 141 g/mol. The minimum Gasteiger partial charge on any atom is -0.379 e. The summed E-state index contributed by atoms with van der Waals surface area (Å²) < 4.78 is 5.41. The average Bonchev–Trinajstić information content (AvgIpc) is 1.86. The molecule has 2 bridgehead atoms. The van der Waals surface area contributed by atoms with Crippen molar-refractivity contribution in [3.05, 3.63) is 0 Å². The average molecular weight is 141 g/mol. The smallest absolute Gasteiger partial charge is 0.0646 e. The van der Waals surface area contributed by atoms with Crippen LogP contribution in [0.4, 0.5) is 0 Å². The highest BCUT2D eigenvalue weighted by Gasteiger charge is 2.36. The van der Waals surface area contributed by atoms with Gasteiger partial charge in [0.15, 0.2) is 0 Å². The molecule has 1 aliphatic carbocycles. The number of hydrogen-bond donors (Lipinski definition) is 1. The lowest BCUT2D eigenvalue weighted by Crippen LogP contribution is -2.52. The molecule has 2 rings (SSSR count). The van der Waals surface area contributed by atoms with Gasteiger partial charge < -0.3 is 10.5 Å². The van der Waals surface area contributed by atoms with Crippen molar-refractivity contribution in [1.29, 1.82) is 0 Å². The first-order chi connectivity index (χ1) is 4.79. The van der Waals surface area contributed by atoms with Crippen molar-refractivity contribution in [2.75, 3.05) is 13.2 Å². The first-order valence-corrected chi connectivity index (χ1v) is 4.15. The lowest BCUT2D eigenvalue weighted by Gasteiger charge is -2.42. The highest BCUT2D eigenvalue weighted by atomic mass is 16.5. The van der Waals surface area contributed by atoms with Crippen LogP contribution in [0.1, 0.15) is 25.7 Å². The molecule has 58 valence electrons. The summed E-state index contributed by atoms with van der Waals surface area (Å²) in [4.78, 5) is 0. The zero-order valence-electron chi connectivity index (χ0n) is 6.31. The van der Waals surface area contributed by atoms with Gasteiger partial charge in [0.25, 0.3) is 0 Å². The van der Waals surface area contributed by atoms with E-state index in [0.29, 0.717) is 0 Å². The summed E-state index contributed by atoms with van der Waals surface area (Å²) >= 11 is 0. The standard InChI is InChI=1S/C8H15NO/c9-8-3-1-2-7(4-8)5-10-6-8/h7H,1-6,9H2. The van der Waals surface area contributed by atoms with Gasteiger partial charge in [-0.2, -0.15) is 0 Å². The van der Waals surface area contributed by atoms with Gasteiger partial charge in [-0.3, -0.25) is 0 Å². The van der Waals surface area contributed by atoms with Gasteiger partial charge >= 0.3 is 0 Å². The highest BCUT2D eigenvalue weighted by molar-refractivity contribution is 4.93. The van der Waals surface area contributed by atoms with E-state index >= 15 is 0 Å². The molecule has 0 spiro atoms. The van der Waals surface area contributed by atoms with E-state index in [1.165, 1.54) is 25.7 Å². The van der Waals surface area contributed by atoms with Crippen LogP contribution in [-0.2, 0) is 4.74 Å². The van der Waals surface area contributed by atoms with Crippen LogP contribution in [0.15, 0.2) is 0 Å². The minimum atomic E-state index is 0.0567. The van der Waals surface area contributed by atoms with Crippen molar-refractivity contribution < 1.29 is 4.74 Å². The fourth-order valence-corrected chi connectivity index (χ4v) is 2.22. The maximum Gasteiger partial charge on any atom is 0.0646 e. The first-order valence-electron chi connectivity index (χ1n) is 4.15. The summed E-state index contributed by atoms with van der Waals surface area (Å²) in [6.45, 7) is 1.75. The molecule has 2 fully saturated rings. The summed E-state index contributed by atoms with van der Waals surface area (Å²) in [6.07, 6.45) is 5.01. The molecule has 0 amide bonds. The summed E-state index contributed by atoms with van der Waals surface area (Å²) in [7, 11) is 0. The van der Waals surface area contributed by atoms with Gasteiger partial charge in [0.05, 0.1) is 6.61 Å². The van der Waals surface area contributed by atoms with E-state index < -0.39 is 0 Å². The zero-order valence-corrected chi connectivity index (χ0v) is 6.31. The molecule has 1 saturated carbocycles. The van der Waals surface area contributed by atoms with Gasteiger partial charge in [-0.1, -0.05) is 6.42 Å². The minimum absolute atomic E-state index is 0.0567. The van der Waals surface area contributed by atoms with Gasteiger partial charge in [0, 0.05) is 12.1 Å². The third-order valence-electron chi connectivity index (χ3n) is 2.73. The largest absolute Gasteiger partial charge is 0.379 e. The molecule has 2 unspecified atom stereocenters. The lowest BCUT2D eigenvalue weighted by atomic mass is 9.75. The summed E-state index contributed by atoms with van der Waals surface area (Å²) in [6, 6.07) is 0. The van der Waals surface area contributed by atoms with Crippen molar-refractivity contribution in [2.45, 2.75) is 31.2 Å². The molecule has 1 aliphatic heterocycles. The van der Waals surface area contributed by atoms with Crippen LogP contribution in [-0.4, -0.2) is 18.8 Å². The predicted octanol–water partition coefficient (Wildman–Crippen LogP) is 0.904. The van der Waals surface area contributed by atoms with E-state index in [4.69, 9.17) is 10.5 Å². The Morgan fingerprint density at radius 2 is 2.40 bits per heavy atom. The molecular formula is C8H15NO. The third kappa shape index (κ3) is 1.06. The van der Waals surface area contributed by atoms with Crippen LogP contribution < -0.4 is 5.73 Å². The zero-order chi connectivity index (χ0) is 7.03. The fraction of sp³-hybridized carbons (Fsp3) is 1.00. The number of nitrogens with two attached hydrogens (primary N) is 1. The molecule has 0 aromatic rings. The van der Waals surface area contributed by atoms with Crippen molar-refractivity contribution in [3.63, 3.8) is 0 Å². The molecule has 2 atom stereocenters. The van der Waals surface area contributed by atoms with Gasteiger partial charge in [0.2, 0.25) is 0 Å². The number of rotatable bonds is 0. The van der Waals surface area contributed by atoms with Gasteiger partial charge in [-0.05, 0) is 25.2 Å². The van der Waals surface area contributed by atoms with Crippen molar-refractivity contribution in [1.82, 2.24) is 0 Å². The third-order valence-corrected chi connectivity index (χ3v) is 2.73. The lowest BCUT2D eigenvalue weighted by molar-refractivity contribution is -0.0252. The topological polar surface area (TPSA) is 35.2 Å². The van der Waals surface area contributed by atoms with Gasteiger partial charge in [0.1, 0.15) is 0 Å². The molecule has 0 aromatic heterocycles. The molecule has 1 heterocycles. The molecule has 2 heteroatoms. The Labute approximate surface area is 61.7 Å². The van der Waals surface area contributed by atoms with E-state index in [-0.39, 0.29) is 5.54 Å². The SMILES string of the molecule is NC12CCCC(COC1)C2. The quantitative estimate of drug-likeness (QED) is 0.544. The van der Waals surface area contributed by atoms with Crippen molar-refractivity contribution in [3.8, 4) is 0 Å². The fourth-order valence-electron chi connectivity index (χ4n) is 2.22. The van der Waals surface area contributed by atoms with Gasteiger partial charge in [-0.15, -0.1) is 0 Å². The van der Waals surface area contributed by atoms with E-state index in [1.54, 1.807) is 0 Å². The molecule has 2 aliphatic rings. The highest BCUT2D eigenvalue weighted by Crippen LogP contribution is 2.34. The number of hydrogen-bond acceptors (Lipinski definition) is 2. The van der Waals surface area contributed by atoms with Crippen LogP contribution in [0.5, 0.6) is 0 Å². The van der Waals surface area contributed by atoms with Gasteiger partial charge in [-0.25, -0.2) is 0 Å². The number of fused-ring (bicyclic) bond motifs is 2. The molecule has 1 saturated heterocycles.